The molecule has 0 aliphatic heterocycles. The highest BCUT2D eigenvalue weighted by atomic mass is 32.1. The molecule has 1 aliphatic carbocycles. The van der Waals surface area contributed by atoms with Crippen molar-refractivity contribution < 1.29 is 0 Å². The molecule has 0 bridgehead atoms. The molecular formula is C17H29NS. The van der Waals surface area contributed by atoms with Crippen LogP contribution in [0.25, 0.3) is 0 Å². The van der Waals surface area contributed by atoms with Crippen molar-refractivity contribution in [2.75, 3.05) is 6.54 Å². The van der Waals surface area contributed by atoms with Crippen LogP contribution >= 0.6 is 11.3 Å². The largest absolute Gasteiger partial charge is 0.310 e. The molecule has 1 N–H and O–H groups in total. The van der Waals surface area contributed by atoms with Gasteiger partial charge in [0.2, 0.25) is 0 Å². The normalized spacial score (nSPS) is 18.7. The van der Waals surface area contributed by atoms with Gasteiger partial charge < -0.3 is 5.32 Å². The molecule has 1 fully saturated rings. The van der Waals surface area contributed by atoms with Crippen molar-refractivity contribution in [3.8, 4) is 0 Å². The summed E-state index contributed by atoms with van der Waals surface area (Å²) in [7, 11) is 0. The molecule has 0 radical (unpaired) electrons. The maximum atomic E-state index is 3.70. The lowest BCUT2D eigenvalue weighted by molar-refractivity contribution is 0.316. The average molecular weight is 279 g/mol. The van der Waals surface area contributed by atoms with Gasteiger partial charge in [-0.2, -0.15) is 0 Å². The highest BCUT2D eigenvalue weighted by Crippen LogP contribution is 2.34. The van der Waals surface area contributed by atoms with Crippen molar-refractivity contribution >= 4 is 11.3 Å². The Kier molecular flexibility index (Phi) is 5.90. The van der Waals surface area contributed by atoms with E-state index in [0.29, 0.717) is 6.04 Å². The van der Waals surface area contributed by atoms with Crippen molar-refractivity contribution in [3.05, 3.63) is 21.4 Å². The first-order valence-electron chi connectivity index (χ1n) is 8.01. The summed E-state index contributed by atoms with van der Waals surface area (Å²) < 4.78 is 0. The summed E-state index contributed by atoms with van der Waals surface area (Å²) in [5.74, 6) is 0.997. The maximum Gasteiger partial charge on any atom is 0.0417 e. The number of hydrogen-bond acceptors (Lipinski definition) is 2. The third-order valence-electron chi connectivity index (χ3n) is 4.43. The Balaban J connectivity index is 1.93. The van der Waals surface area contributed by atoms with E-state index in [0.717, 1.165) is 12.5 Å². The third-order valence-corrected chi connectivity index (χ3v) is 5.70. The van der Waals surface area contributed by atoms with Gasteiger partial charge in [0, 0.05) is 15.8 Å². The second kappa shape index (κ2) is 7.44. The summed E-state index contributed by atoms with van der Waals surface area (Å²) in [4.78, 5) is 3.03. The number of hydrogen-bond donors (Lipinski definition) is 1. The number of rotatable bonds is 6. The minimum absolute atomic E-state index is 0.589. The Bertz CT molecular complexity index is 377. The van der Waals surface area contributed by atoms with E-state index in [9.17, 15) is 0 Å². The van der Waals surface area contributed by atoms with Crippen LogP contribution in [-0.2, 0) is 0 Å². The molecule has 1 nitrogen and oxygen atoms in total. The molecule has 108 valence electrons. The van der Waals surface area contributed by atoms with Gasteiger partial charge in [0.1, 0.15) is 0 Å². The molecule has 0 amide bonds. The molecule has 1 aliphatic rings. The van der Waals surface area contributed by atoms with Crippen LogP contribution in [0.2, 0.25) is 0 Å². The van der Waals surface area contributed by atoms with E-state index in [1.807, 2.05) is 11.3 Å². The highest BCUT2D eigenvalue weighted by Gasteiger charge is 2.19. The Hall–Kier alpha value is -0.340. The van der Waals surface area contributed by atoms with Gasteiger partial charge in [0.15, 0.2) is 0 Å². The van der Waals surface area contributed by atoms with Crippen LogP contribution in [0.5, 0.6) is 0 Å². The van der Waals surface area contributed by atoms with Gasteiger partial charge in [0.25, 0.3) is 0 Å². The zero-order chi connectivity index (χ0) is 13.7. The molecule has 2 heteroatoms. The Labute approximate surface area is 122 Å². The van der Waals surface area contributed by atoms with Crippen LogP contribution in [0.15, 0.2) is 6.07 Å². The van der Waals surface area contributed by atoms with Gasteiger partial charge in [-0.3, -0.25) is 0 Å². The van der Waals surface area contributed by atoms with E-state index in [1.165, 1.54) is 55.4 Å². The lowest BCUT2D eigenvalue weighted by Gasteiger charge is -2.24. The fourth-order valence-electron chi connectivity index (χ4n) is 3.46. The molecule has 0 aromatic carbocycles. The van der Waals surface area contributed by atoms with Gasteiger partial charge in [-0.25, -0.2) is 0 Å². The van der Waals surface area contributed by atoms with Gasteiger partial charge >= 0.3 is 0 Å². The summed E-state index contributed by atoms with van der Waals surface area (Å²) in [6.45, 7) is 7.80. The molecule has 1 aromatic rings. The minimum atomic E-state index is 0.589. The van der Waals surface area contributed by atoms with Crippen molar-refractivity contribution in [2.45, 2.75) is 71.8 Å². The third kappa shape index (κ3) is 4.32. The lowest BCUT2D eigenvalue weighted by Crippen LogP contribution is -2.21. The quantitative estimate of drug-likeness (QED) is 0.737. The van der Waals surface area contributed by atoms with Gasteiger partial charge in [-0.1, -0.05) is 39.0 Å². The van der Waals surface area contributed by atoms with Gasteiger partial charge in [0.05, 0.1) is 0 Å². The summed E-state index contributed by atoms with van der Waals surface area (Å²) in [5.41, 5.74) is 1.48. The Morgan fingerprint density at radius 1 is 1.26 bits per heavy atom. The predicted molar refractivity (Wildman–Crippen MR) is 86.0 cm³/mol. The zero-order valence-corrected chi connectivity index (χ0v) is 13.6. The maximum absolute atomic E-state index is 3.70. The molecule has 1 atom stereocenters. The van der Waals surface area contributed by atoms with Crippen LogP contribution in [0.4, 0.5) is 0 Å². The standard InChI is InChI=1S/C17H29NS/c1-4-18-16(17-13(2)12-14(3)19-17)11-10-15-8-6-5-7-9-15/h12,15-16,18H,4-11H2,1-3H3. The number of aryl methyl sites for hydroxylation is 2. The van der Waals surface area contributed by atoms with E-state index in [-0.39, 0.29) is 0 Å². The number of nitrogens with one attached hydrogen (secondary N) is 1. The SMILES string of the molecule is CCNC(CCC1CCCCC1)c1sc(C)cc1C. The van der Waals surface area contributed by atoms with Crippen molar-refractivity contribution in [1.29, 1.82) is 0 Å². The molecule has 2 rings (SSSR count). The van der Waals surface area contributed by atoms with Crippen molar-refractivity contribution in [3.63, 3.8) is 0 Å². The second-order valence-corrected chi connectivity index (χ2v) is 7.38. The first-order chi connectivity index (χ1) is 9.20. The van der Waals surface area contributed by atoms with Crippen LogP contribution in [0.3, 0.4) is 0 Å². The fraction of sp³-hybridized carbons (Fsp3) is 0.765. The van der Waals surface area contributed by atoms with Crippen LogP contribution in [0, 0.1) is 19.8 Å². The van der Waals surface area contributed by atoms with E-state index in [2.05, 4.69) is 32.2 Å². The molecule has 19 heavy (non-hydrogen) atoms. The highest BCUT2D eigenvalue weighted by molar-refractivity contribution is 7.12. The summed E-state index contributed by atoms with van der Waals surface area (Å²) in [6, 6.07) is 2.93. The van der Waals surface area contributed by atoms with Crippen LogP contribution in [0.1, 0.15) is 73.2 Å². The number of thiophene rings is 1. The van der Waals surface area contributed by atoms with Crippen molar-refractivity contribution in [1.82, 2.24) is 5.32 Å². The van der Waals surface area contributed by atoms with Gasteiger partial charge in [-0.15, -0.1) is 11.3 Å². The topological polar surface area (TPSA) is 12.0 Å². The molecule has 1 saturated carbocycles. The fourth-order valence-corrected chi connectivity index (χ4v) is 4.60. The molecule has 1 aromatic heterocycles. The molecule has 1 unspecified atom stereocenters. The first-order valence-corrected chi connectivity index (χ1v) is 8.82. The van der Waals surface area contributed by atoms with E-state index in [4.69, 9.17) is 0 Å². The Morgan fingerprint density at radius 3 is 2.58 bits per heavy atom. The summed E-state index contributed by atoms with van der Waals surface area (Å²) in [6.07, 6.45) is 10.1. The smallest absolute Gasteiger partial charge is 0.0417 e. The zero-order valence-electron chi connectivity index (χ0n) is 12.8. The Morgan fingerprint density at radius 2 is 2.00 bits per heavy atom. The van der Waals surface area contributed by atoms with Crippen LogP contribution < -0.4 is 5.32 Å². The average Bonchev–Trinajstić information content (AvgIpc) is 2.75. The lowest BCUT2D eigenvalue weighted by atomic mass is 9.85. The summed E-state index contributed by atoms with van der Waals surface area (Å²) >= 11 is 1.99. The van der Waals surface area contributed by atoms with E-state index < -0.39 is 0 Å². The van der Waals surface area contributed by atoms with E-state index in [1.54, 1.807) is 4.88 Å². The predicted octanol–water partition coefficient (Wildman–Crippen LogP) is 5.38. The molecular weight excluding hydrogens is 250 g/mol. The summed E-state index contributed by atoms with van der Waals surface area (Å²) in [5, 5.41) is 3.70. The monoisotopic (exact) mass is 279 g/mol. The van der Waals surface area contributed by atoms with E-state index >= 15 is 0 Å². The second-order valence-electron chi connectivity index (χ2n) is 6.10. The molecule has 1 heterocycles. The van der Waals surface area contributed by atoms with Crippen LogP contribution in [-0.4, -0.2) is 6.54 Å². The van der Waals surface area contributed by atoms with Gasteiger partial charge in [-0.05, 0) is 50.8 Å². The molecule has 0 spiro atoms. The van der Waals surface area contributed by atoms with Crippen molar-refractivity contribution in [2.24, 2.45) is 5.92 Å². The minimum Gasteiger partial charge on any atom is -0.310 e. The first kappa shape index (κ1) is 15.1. The molecule has 0 saturated heterocycles.